The highest BCUT2D eigenvalue weighted by molar-refractivity contribution is 5.95. The largest absolute Gasteiger partial charge is 0.507 e. The highest BCUT2D eigenvalue weighted by Crippen LogP contribution is 2.33. The molecule has 0 heterocycles. The van der Waals surface area contributed by atoms with E-state index in [1.54, 1.807) is 48.8 Å². The van der Waals surface area contributed by atoms with Gasteiger partial charge in [0.05, 0.1) is 11.4 Å². The fourth-order valence-corrected chi connectivity index (χ4v) is 2.89. The lowest BCUT2D eigenvalue weighted by Gasteiger charge is -2.05. The Balaban J connectivity index is 1.79. The Morgan fingerprint density at radius 1 is 0.536 bits per heavy atom. The predicted molar refractivity (Wildman–Crippen MR) is 115 cm³/mol. The molecule has 4 nitrogen and oxygen atoms in total. The van der Waals surface area contributed by atoms with Crippen LogP contribution in [-0.4, -0.2) is 22.6 Å². The highest BCUT2D eigenvalue weighted by atomic mass is 16.3. The molecule has 4 rings (SSSR count). The van der Waals surface area contributed by atoms with Gasteiger partial charge in [-0.3, -0.25) is 9.98 Å². The van der Waals surface area contributed by atoms with Gasteiger partial charge in [-0.25, -0.2) is 0 Å². The molecule has 0 saturated carbocycles. The van der Waals surface area contributed by atoms with Crippen molar-refractivity contribution in [2.24, 2.45) is 9.98 Å². The van der Waals surface area contributed by atoms with Crippen LogP contribution in [0.4, 0.5) is 11.4 Å². The van der Waals surface area contributed by atoms with Crippen LogP contribution in [0.5, 0.6) is 11.5 Å². The molecule has 28 heavy (non-hydrogen) atoms. The average molecular weight is 366 g/mol. The summed E-state index contributed by atoms with van der Waals surface area (Å²) in [6, 6.07) is 26.0. The molecule has 4 aromatic rings. The minimum absolute atomic E-state index is 0.172. The molecule has 4 heteroatoms. The maximum Gasteiger partial charge on any atom is 0.124 e. The maximum absolute atomic E-state index is 9.96. The van der Waals surface area contributed by atoms with Crippen molar-refractivity contribution in [1.82, 2.24) is 0 Å². The first kappa shape index (κ1) is 17.5. The van der Waals surface area contributed by atoms with Gasteiger partial charge in [-0.2, -0.15) is 0 Å². The van der Waals surface area contributed by atoms with Crippen molar-refractivity contribution in [1.29, 1.82) is 0 Å². The third-order valence-electron chi connectivity index (χ3n) is 4.40. The summed E-state index contributed by atoms with van der Waals surface area (Å²) < 4.78 is 0. The third-order valence-corrected chi connectivity index (χ3v) is 4.40. The van der Waals surface area contributed by atoms with E-state index in [1.807, 2.05) is 48.5 Å². The summed E-state index contributed by atoms with van der Waals surface area (Å²) in [5, 5.41) is 22.0. The Hall–Kier alpha value is -3.92. The summed E-state index contributed by atoms with van der Waals surface area (Å²) in [5.41, 5.74) is 2.61. The fraction of sp³-hybridized carbons (Fsp3) is 0. The molecule has 0 saturated heterocycles. The Morgan fingerprint density at radius 2 is 0.929 bits per heavy atom. The Morgan fingerprint density at radius 3 is 1.36 bits per heavy atom. The first-order valence-electron chi connectivity index (χ1n) is 8.87. The number of fused-ring (bicyclic) bond motifs is 1. The van der Waals surface area contributed by atoms with E-state index >= 15 is 0 Å². The monoisotopic (exact) mass is 366 g/mol. The van der Waals surface area contributed by atoms with Crippen LogP contribution in [0.1, 0.15) is 11.1 Å². The molecule has 2 N–H and O–H groups in total. The molecule has 0 aromatic heterocycles. The second kappa shape index (κ2) is 7.76. The summed E-state index contributed by atoms with van der Waals surface area (Å²) in [4.78, 5) is 9.12. The second-order valence-electron chi connectivity index (χ2n) is 6.32. The molecule has 0 aliphatic heterocycles. The van der Waals surface area contributed by atoms with Gasteiger partial charge in [-0.05, 0) is 47.2 Å². The number of rotatable bonds is 4. The minimum Gasteiger partial charge on any atom is -0.507 e. The van der Waals surface area contributed by atoms with Gasteiger partial charge in [0.2, 0.25) is 0 Å². The maximum atomic E-state index is 9.96. The molecule has 136 valence electrons. The number of nitrogens with zero attached hydrogens (tertiary/aromatic N) is 2. The van der Waals surface area contributed by atoms with Crippen LogP contribution in [-0.2, 0) is 0 Å². The minimum atomic E-state index is 0.172. The zero-order chi connectivity index (χ0) is 19.3. The van der Waals surface area contributed by atoms with Gasteiger partial charge in [0.25, 0.3) is 0 Å². The Labute approximate surface area is 162 Å². The van der Waals surface area contributed by atoms with Crippen molar-refractivity contribution < 1.29 is 10.2 Å². The van der Waals surface area contributed by atoms with Crippen LogP contribution in [0.2, 0.25) is 0 Å². The Bertz CT molecular complexity index is 1100. The van der Waals surface area contributed by atoms with Crippen molar-refractivity contribution in [2.75, 3.05) is 0 Å². The van der Waals surface area contributed by atoms with Gasteiger partial charge < -0.3 is 10.2 Å². The molecule has 0 fully saturated rings. The number of phenolic OH excluding ortho intramolecular Hbond substituents is 2. The van der Waals surface area contributed by atoms with E-state index < -0.39 is 0 Å². The molecule has 0 radical (unpaired) electrons. The average Bonchev–Trinajstić information content (AvgIpc) is 2.72. The van der Waals surface area contributed by atoms with Gasteiger partial charge in [0, 0.05) is 23.6 Å². The number of para-hydroxylation sites is 2. The molecule has 0 unspecified atom stereocenters. The SMILES string of the molecule is Oc1ccccc1C=Nc1cc2ccccc2cc1N=Cc1ccccc1O. The molecule has 0 aliphatic rings. The Kier molecular flexibility index (Phi) is 4.85. The highest BCUT2D eigenvalue weighted by Gasteiger charge is 2.04. The summed E-state index contributed by atoms with van der Waals surface area (Å²) in [5.74, 6) is 0.345. The predicted octanol–water partition coefficient (Wildman–Crippen LogP) is 5.75. The summed E-state index contributed by atoms with van der Waals surface area (Å²) in [6.07, 6.45) is 3.25. The van der Waals surface area contributed by atoms with E-state index in [0.717, 1.165) is 10.8 Å². The van der Waals surface area contributed by atoms with E-state index in [0.29, 0.717) is 22.5 Å². The van der Waals surface area contributed by atoms with E-state index in [9.17, 15) is 10.2 Å². The smallest absolute Gasteiger partial charge is 0.124 e. The number of hydrogen-bond donors (Lipinski definition) is 2. The number of hydrogen-bond acceptors (Lipinski definition) is 4. The molecule has 0 spiro atoms. The van der Waals surface area contributed by atoms with E-state index in [-0.39, 0.29) is 11.5 Å². The van der Waals surface area contributed by atoms with Crippen molar-refractivity contribution in [3.8, 4) is 11.5 Å². The molecule has 4 aromatic carbocycles. The van der Waals surface area contributed by atoms with Crippen LogP contribution in [0.3, 0.4) is 0 Å². The van der Waals surface area contributed by atoms with E-state index in [1.165, 1.54) is 0 Å². The van der Waals surface area contributed by atoms with Gasteiger partial charge >= 0.3 is 0 Å². The summed E-state index contributed by atoms with van der Waals surface area (Å²) >= 11 is 0. The molecule has 0 atom stereocenters. The zero-order valence-electron chi connectivity index (χ0n) is 15.0. The van der Waals surface area contributed by atoms with Crippen molar-refractivity contribution >= 4 is 34.6 Å². The third kappa shape index (κ3) is 3.76. The van der Waals surface area contributed by atoms with Gasteiger partial charge in [-0.1, -0.05) is 48.5 Å². The lowest BCUT2D eigenvalue weighted by molar-refractivity contribution is 0.474. The lowest BCUT2D eigenvalue weighted by Crippen LogP contribution is -1.83. The first-order valence-corrected chi connectivity index (χ1v) is 8.87. The first-order chi connectivity index (χ1) is 13.7. The second-order valence-corrected chi connectivity index (χ2v) is 6.32. The van der Waals surface area contributed by atoms with Crippen LogP contribution < -0.4 is 0 Å². The zero-order valence-corrected chi connectivity index (χ0v) is 15.0. The van der Waals surface area contributed by atoms with Crippen LogP contribution >= 0.6 is 0 Å². The van der Waals surface area contributed by atoms with Gasteiger partial charge in [-0.15, -0.1) is 0 Å². The quantitative estimate of drug-likeness (QED) is 0.452. The fourth-order valence-electron chi connectivity index (χ4n) is 2.89. The van der Waals surface area contributed by atoms with Gasteiger partial charge in [0.15, 0.2) is 0 Å². The van der Waals surface area contributed by atoms with Crippen LogP contribution in [0.25, 0.3) is 10.8 Å². The topological polar surface area (TPSA) is 65.2 Å². The van der Waals surface area contributed by atoms with Crippen LogP contribution in [0.15, 0.2) is 94.9 Å². The molecular formula is C24H18N2O2. The van der Waals surface area contributed by atoms with Crippen molar-refractivity contribution in [3.05, 3.63) is 96.1 Å². The molecular weight excluding hydrogens is 348 g/mol. The standard InChI is InChI=1S/C24H18N2O2/c27-23-11-5-3-9-19(23)15-25-21-13-17-7-1-2-8-18(17)14-22(21)26-16-20-10-4-6-12-24(20)28/h1-16,27-28H. The number of aliphatic imine (C=N–C) groups is 2. The van der Waals surface area contributed by atoms with Crippen molar-refractivity contribution in [3.63, 3.8) is 0 Å². The summed E-state index contributed by atoms with van der Waals surface area (Å²) in [6.45, 7) is 0. The number of benzene rings is 4. The number of aromatic hydroxyl groups is 2. The van der Waals surface area contributed by atoms with E-state index in [2.05, 4.69) is 9.98 Å². The molecule has 0 aliphatic carbocycles. The van der Waals surface area contributed by atoms with Gasteiger partial charge in [0.1, 0.15) is 11.5 Å². The molecule has 0 bridgehead atoms. The van der Waals surface area contributed by atoms with E-state index in [4.69, 9.17) is 0 Å². The summed E-state index contributed by atoms with van der Waals surface area (Å²) in [7, 11) is 0. The number of phenols is 2. The normalized spacial score (nSPS) is 11.6. The van der Waals surface area contributed by atoms with Crippen molar-refractivity contribution in [2.45, 2.75) is 0 Å². The lowest BCUT2D eigenvalue weighted by atomic mass is 10.1. The van der Waals surface area contributed by atoms with Crippen LogP contribution in [0, 0.1) is 0 Å². The molecule has 0 amide bonds.